The minimum atomic E-state index is 0.102. The van der Waals surface area contributed by atoms with Crippen molar-refractivity contribution in [2.75, 3.05) is 13.1 Å². The minimum absolute atomic E-state index is 0.102. The molecule has 1 atom stereocenters. The zero-order chi connectivity index (χ0) is 13.1. The number of aryl methyl sites for hydroxylation is 1. The van der Waals surface area contributed by atoms with E-state index in [0.717, 1.165) is 34.4 Å². The minimum Gasteiger partial charge on any atom is -0.461 e. The van der Waals surface area contributed by atoms with Crippen LogP contribution in [0.25, 0.3) is 11.0 Å². The van der Waals surface area contributed by atoms with Gasteiger partial charge in [0, 0.05) is 30.1 Å². The zero-order valence-corrected chi connectivity index (χ0v) is 11.0. The quantitative estimate of drug-likeness (QED) is 0.795. The average Bonchev–Trinajstić information content (AvgIpc) is 2.67. The second-order valence-corrected chi connectivity index (χ2v) is 4.69. The molecule has 1 aromatic carbocycles. The van der Waals surface area contributed by atoms with Gasteiger partial charge in [-0.3, -0.25) is 0 Å². The molecule has 1 aromatic heterocycles. The van der Waals surface area contributed by atoms with Crippen LogP contribution < -0.4 is 11.1 Å². The second-order valence-electron chi connectivity index (χ2n) is 4.69. The maximum absolute atomic E-state index is 5.88. The molecular formula is C15H20N2O. The van der Waals surface area contributed by atoms with Gasteiger partial charge in [0.15, 0.2) is 0 Å². The molecule has 0 radical (unpaired) electrons. The van der Waals surface area contributed by atoms with Crippen LogP contribution in [0.15, 0.2) is 40.8 Å². The fraction of sp³-hybridized carbons (Fsp3) is 0.333. The van der Waals surface area contributed by atoms with Gasteiger partial charge >= 0.3 is 0 Å². The van der Waals surface area contributed by atoms with E-state index in [-0.39, 0.29) is 6.04 Å². The van der Waals surface area contributed by atoms with Crippen LogP contribution in [0.1, 0.15) is 24.3 Å². The van der Waals surface area contributed by atoms with Gasteiger partial charge in [0.1, 0.15) is 11.3 Å². The van der Waals surface area contributed by atoms with E-state index in [2.05, 4.69) is 18.0 Å². The Morgan fingerprint density at radius 3 is 2.83 bits per heavy atom. The molecule has 0 aliphatic heterocycles. The van der Waals surface area contributed by atoms with E-state index in [1.54, 1.807) is 0 Å². The molecule has 3 N–H and O–H groups in total. The van der Waals surface area contributed by atoms with E-state index < -0.39 is 0 Å². The first-order valence-corrected chi connectivity index (χ1v) is 6.19. The van der Waals surface area contributed by atoms with Crippen molar-refractivity contribution in [1.29, 1.82) is 0 Å². The number of rotatable bonds is 5. The van der Waals surface area contributed by atoms with Crippen LogP contribution in [0, 0.1) is 6.92 Å². The molecule has 0 aliphatic carbocycles. The first-order valence-electron chi connectivity index (χ1n) is 6.19. The Bertz CT molecular complexity index is 557. The Kier molecular flexibility index (Phi) is 3.84. The lowest BCUT2D eigenvalue weighted by Gasteiger charge is -2.17. The molecule has 0 saturated carbocycles. The molecule has 0 spiro atoms. The molecule has 3 nitrogen and oxygen atoms in total. The summed E-state index contributed by atoms with van der Waals surface area (Å²) < 4.78 is 5.77. The Balaban J connectivity index is 2.38. The number of hydrogen-bond acceptors (Lipinski definition) is 3. The third-order valence-electron chi connectivity index (χ3n) is 3.05. The summed E-state index contributed by atoms with van der Waals surface area (Å²) in [5, 5.41) is 4.56. The van der Waals surface area contributed by atoms with Gasteiger partial charge < -0.3 is 15.5 Å². The van der Waals surface area contributed by atoms with Gasteiger partial charge in [0.2, 0.25) is 0 Å². The van der Waals surface area contributed by atoms with Crippen LogP contribution in [-0.2, 0) is 0 Å². The zero-order valence-electron chi connectivity index (χ0n) is 11.0. The number of furan rings is 1. The molecule has 2 rings (SSSR count). The highest BCUT2D eigenvalue weighted by atomic mass is 16.3. The van der Waals surface area contributed by atoms with Gasteiger partial charge in [-0.05, 0) is 19.9 Å². The van der Waals surface area contributed by atoms with E-state index >= 15 is 0 Å². The normalized spacial score (nSPS) is 12.8. The lowest BCUT2D eigenvalue weighted by atomic mass is 10.0. The topological polar surface area (TPSA) is 51.2 Å². The Morgan fingerprint density at radius 2 is 2.17 bits per heavy atom. The summed E-state index contributed by atoms with van der Waals surface area (Å²) in [5.74, 6) is 0.931. The summed E-state index contributed by atoms with van der Waals surface area (Å²) >= 11 is 0. The van der Waals surface area contributed by atoms with Crippen LogP contribution >= 0.6 is 0 Å². The van der Waals surface area contributed by atoms with E-state index in [0.29, 0.717) is 6.54 Å². The van der Waals surface area contributed by atoms with Crippen molar-refractivity contribution >= 4 is 11.0 Å². The third kappa shape index (κ3) is 2.47. The van der Waals surface area contributed by atoms with Crippen LogP contribution in [0.5, 0.6) is 0 Å². The highest BCUT2D eigenvalue weighted by Crippen LogP contribution is 2.29. The van der Waals surface area contributed by atoms with Gasteiger partial charge in [-0.1, -0.05) is 30.4 Å². The Morgan fingerprint density at radius 1 is 1.44 bits per heavy atom. The number of para-hydroxylation sites is 1. The van der Waals surface area contributed by atoms with Gasteiger partial charge in [0.05, 0.1) is 0 Å². The Labute approximate surface area is 108 Å². The van der Waals surface area contributed by atoms with Gasteiger partial charge in [-0.25, -0.2) is 0 Å². The molecule has 3 heteroatoms. The number of benzene rings is 1. The summed E-state index contributed by atoms with van der Waals surface area (Å²) in [4.78, 5) is 0. The molecule has 0 fully saturated rings. The Hall–Kier alpha value is -1.58. The second kappa shape index (κ2) is 5.38. The van der Waals surface area contributed by atoms with E-state index in [4.69, 9.17) is 10.2 Å². The van der Waals surface area contributed by atoms with Crippen molar-refractivity contribution in [2.45, 2.75) is 19.9 Å². The summed E-state index contributed by atoms with van der Waals surface area (Å²) in [6.07, 6.45) is 0. The molecule has 0 bridgehead atoms. The van der Waals surface area contributed by atoms with Crippen molar-refractivity contribution < 1.29 is 4.42 Å². The molecule has 18 heavy (non-hydrogen) atoms. The maximum Gasteiger partial charge on any atom is 0.134 e. The smallest absolute Gasteiger partial charge is 0.134 e. The van der Waals surface area contributed by atoms with Crippen molar-refractivity contribution in [3.63, 3.8) is 0 Å². The lowest BCUT2D eigenvalue weighted by Crippen LogP contribution is -2.29. The van der Waals surface area contributed by atoms with Crippen LogP contribution in [0.3, 0.4) is 0 Å². The third-order valence-corrected chi connectivity index (χ3v) is 3.05. The largest absolute Gasteiger partial charge is 0.461 e. The monoisotopic (exact) mass is 244 g/mol. The van der Waals surface area contributed by atoms with Gasteiger partial charge in [0.25, 0.3) is 0 Å². The SMILES string of the molecule is C=C(C)CNC(CN)c1c(C)oc2ccccc12. The summed E-state index contributed by atoms with van der Waals surface area (Å²) in [7, 11) is 0. The average molecular weight is 244 g/mol. The number of hydrogen-bond donors (Lipinski definition) is 2. The van der Waals surface area contributed by atoms with Crippen molar-refractivity contribution in [1.82, 2.24) is 5.32 Å². The molecule has 2 aromatic rings. The van der Waals surface area contributed by atoms with Crippen molar-refractivity contribution in [2.24, 2.45) is 5.73 Å². The lowest BCUT2D eigenvalue weighted by molar-refractivity contribution is 0.530. The summed E-state index contributed by atoms with van der Waals surface area (Å²) in [5.41, 5.74) is 9.05. The number of fused-ring (bicyclic) bond motifs is 1. The number of nitrogens with one attached hydrogen (secondary N) is 1. The van der Waals surface area contributed by atoms with Crippen molar-refractivity contribution in [3.8, 4) is 0 Å². The van der Waals surface area contributed by atoms with Crippen molar-refractivity contribution in [3.05, 3.63) is 47.7 Å². The fourth-order valence-electron chi connectivity index (χ4n) is 2.22. The standard InChI is InChI=1S/C15H20N2O/c1-10(2)9-17-13(8-16)15-11(3)18-14-7-5-4-6-12(14)15/h4-7,13,17H,1,8-9,16H2,2-3H3. The first-order chi connectivity index (χ1) is 8.63. The van der Waals surface area contributed by atoms with Crippen LogP contribution in [-0.4, -0.2) is 13.1 Å². The molecule has 96 valence electrons. The first kappa shape index (κ1) is 12.9. The molecular weight excluding hydrogens is 224 g/mol. The van der Waals surface area contributed by atoms with E-state index in [9.17, 15) is 0 Å². The van der Waals surface area contributed by atoms with Crippen LogP contribution in [0.4, 0.5) is 0 Å². The predicted octanol–water partition coefficient (Wildman–Crippen LogP) is 2.91. The number of nitrogens with two attached hydrogens (primary N) is 1. The fourth-order valence-corrected chi connectivity index (χ4v) is 2.22. The predicted molar refractivity (Wildman–Crippen MR) is 75.6 cm³/mol. The van der Waals surface area contributed by atoms with E-state index in [1.807, 2.05) is 32.0 Å². The highest BCUT2D eigenvalue weighted by Gasteiger charge is 2.18. The summed E-state index contributed by atoms with van der Waals surface area (Å²) in [6, 6.07) is 8.16. The summed E-state index contributed by atoms with van der Waals surface area (Å²) in [6.45, 7) is 9.19. The molecule has 1 unspecified atom stereocenters. The molecule has 1 heterocycles. The molecule has 0 amide bonds. The maximum atomic E-state index is 5.88. The van der Waals surface area contributed by atoms with Gasteiger partial charge in [-0.2, -0.15) is 0 Å². The van der Waals surface area contributed by atoms with E-state index in [1.165, 1.54) is 0 Å². The van der Waals surface area contributed by atoms with Gasteiger partial charge in [-0.15, -0.1) is 0 Å². The highest BCUT2D eigenvalue weighted by molar-refractivity contribution is 5.82. The van der Waals surface area contributed by atoms with Crippen LogP contribution in [0.2, 0.25) is 0 Å². The molecule has 0 aliphatic rings. The molecule has 0 saturated heterocycles.